The van der Waals surface area contributed by atoms with Gasteiger partial charge in [0.05, 0.1) is 0 Å². The first-order valence-corrected chi connectivity index (χ1v) is 8.06. The molecule has 1 unspecified atom stereocenters. The highest BCUT2D eigenvalue weighted by molar-refractivity contribution is 5.66. The summed E-state index contributed by atoms with van der Waals surface area (Å²) in [5.74, 6) is 1.28. The van der Waals surface area contributed by atoms with Crippen LogP contribution in [0.2, 0.25) is 0 Å². The standard InChI is InChI=1S/C17H30O3/c1-11(2)13-6-8-16(4)9-7-15(20-12(3)18)17(5,19)14(16)10-13/h11,13-15,19H,6-10H2,1-5H3/t13-,14+,15?,16-,17-/m1/s1. The molecule has 2 fully saturated rings. The zero-order valence-corrected chi connectivity index (χ0v) is 13.6. The summed E-state index contributed by atoms with van der Waals surface area (Å²) in [5.41, 5.74) is -0.697. The van der Waals surface area contributed by atoms with Gasteiger partial charge in [-0.3, -0.25) is 4.79 Å². The molecular formula is C17H30O3. The summed E-state index contributed by atoms with van der Waals surface area (Å²) in [6, 6.07) is 0. The highest BCUT2D eigenvalue weighted by Crippen LogP contribution is 2.56. The third kappa shape index (κ3) is 2.74. The van der Waals surface area contributed by atoms with E-state index in [2.05, 4.69) is 20.8 Å². The van der Waals surface area contributed by atoms with Gasteiger partial charge in [0.15, 0.2) is 0 Å². The topological polar surface area (TPSA) is 46.5 Å². The van der Waals surface area contributed by atoms with Gasteiger partial charge in [-0.25, -0.2) is 0 Å². The summed E-state index contributed by atoms with van der Waals surface area (Å²) >= 11 is 0. The fourth-order valence-corrected chi connectivity index (χ4v) is 4.60. The molecule has 5 atom stereocenters. The molecule has 20 heavy (non-hydrogen) atoms. The minimum absolute atomic E-state index is 0.200. The van der Waals surface area contributed by atoms with Crippen LogP contribution in [0.25, 0.3) is 0 Å². The molecule has 1 N–H and O–H groups in total. The van der Waals surface area contributed by atoms with Crippen LogP contribution in [0.5, 0.6) is 0 Å². The largest absolute Gasteiger partial charge is 0.459 e. The molecule has 2 aliphatic carbocycles. The van der Waals surface area contributed by atoms with Gasteiger partial charge in [0.1, 0.15) is 11.7 Å². The number of carbonyl (C=O) groups is 1. The molecule has 0 amide bonds. The first-order chi connectivity index (χ1) is 9.17. The Balaban J connectivity index is 2.22. The van der Waals surface area contributed by atoms with Crippen LogP contribution in [-0.4, -0.2) is 22.8 Å². The number of rotatable bonds is 2. The molecule has 2 aliphatic rings. The minimum atomic E-state index is -0.897. The van der Waals surface area contributed by atoms with Gasteiger partial charge in [-0.2, -0.15) is 0 Å². The van der Waals surface area contributed by atoms with E-state index in [0.717, 1.165) is 19.3 Å². The Kier molecular flexibility index (Phi) is 4.21. The van der Waals surface area contributed by atoms with Gasteiger partial charge in [0.2, 0.25) is 0 Å². The normalized spacial score (nSPS) is 45.0. The molecule has 2 saturated carbocycles. The highest BCUT2D eigenvalue weighted by atomic mass is 16.6. The summed E-state index contributed by atoms with van der Waals surface area (Å²) < 4.78 is 5.41. The molecule has 3 heteroatoms. The number of hydrogen-bond donors (Lipinski definition) is 1. The van der Waals surface area contributed by atoms with E-state index in [0.29, 0.717) is 11.8 Å². The second-order valence-corrected chi connectivity index (χ2v) is 7.85. The van der Waals surface area contributed by atoms with Crippen molar-refractivity contribution in [2.75, 3.05) is 0 Å². The number of carbonyl (C=O) groups excluding carboxylic acids is 1. The van der Waals surface area contributed by atoms with Crippen molar-refractivity contribution >= 4 is 5.97 Å². The zero-order valence-electron chi connectivity index (χ0n) is 13.6. The molecule has 0 bridgehead atoms. The molecule has 0 aromatic rings. The van der Waals surface area contributed by atoms with Crippen molar-refractivity contribution in [3.8, 4) is 0 Å². The van der Waals surface area contributed by atoms with Gasteiger partial charge in [0, 0.05) is 6.92 Å². The second-order valence-electron chi connectivity index (χ2n) is 7.85. The quantitative estimate of drug-likeness (QED) is 0.788. The van der Waals surface area contributed by atoms with E-state index in [-0.39, 0.29) is 23.4 Å². The van der Waals surface area contributed by atoms with E-state index in [1.165, 1.54) is 19.8 Å². The Labute approximate surface area is 123 Å². The van der Waals surface area contributed by atoms with Crippen LogP contribution in [0.15, 0.2) is 0 Å². The lowest BCUT2D eigenvalue weighted by Gasteiger charge is -2.56. The Bertz CT molecular complexity index is 374. The van der Waals surface area contributed by atoms with E-state index in [9.17, 15) is 9.90 Å². The van der Waals surface area contributed by atoms with Crippen molar-refractivity contribution in [2.45, 2.75) is 78.4 Å². The monoisotopic (exact) mass is 282 g/mol. The Morgan fingerprint density at radius 1 is 1.25 bits per heavy atom. The summed E-state index contributed by atoms with van der Waals surface area (Å²) in [4.78, 5) is 11.3. The molecule has 3 nitrogen and oxygen atoms in total. The predicted molar refractivity (Wildman–Crippen MR) is 79.2 cm³/mol. The van der Waals surface area contributed by atoms with Crippen LogP contribution in [0.4, 0.5) is 0 Å². The molecule has 0 spiro atoms. The second kappa shape index (κ2) is 5.32. The molecule has 2 rings (SSSR count). The number of ether oxygens (including phenoxy) is 1. The average Bonchev–Trinajstić information content (AvgIpc) is 2.32. The SMILES string of the molecule is CC(=O)OC1CC[C@@]2(C)CC[C@@H](C(C)C)C[C@@H]2[C@@]1(C)O. The van der Waals surface area contributed by atoms with Gasteiger partial charge in [0.25, 0.3) is 0 Å². The Hall–Kier alpha value is -0.570. The van der Waals surface area contributed by atoms with Crippen LogP contribution in [0, 0.1) is 23.2 Å². The molecule has 0 aromatic heterocycles. The maximum Gasteiger partial charge on any atom is 0.303 e. The predicted octanol–water partition coefficient (Wildman–Crippen LogP) is 3.54. The molecule has 0 heterocycles. The summed E-state index contributed by atoms with van der Waals surface area (Å²) in [5, 5.41) is 11.1. The maximum absolute atomic E-state index is 11.3. The van der Waals surface area contributed by atoms with Crippen molar-refractivity contribution in [2.24, 2.45) is 23.2 Å². The molecule has 0 aliphatic heterocycles. The van der Waals surface area contributed by atoms with Gasteiger partial charge in [-0.15, -0.1) is 0 Å². The third-order valence-electron chi connectivity index (χ3n) is 6.05. The third-order valence-corrected chi connectivity index (χ3v) is 6.05. The van der Waals surface area contributed by atoms with Crippen LogP contribution in [-0.2, 0) is 9.53 Å². The summed E-state index contributed by atoms with van der Waals surface area (Å²) in [6.45, 7) is 10.2. The van der Waals surface area contributed by atoms with E-state index >= 15 is 0 Å². The van der Waals surface area contributed by atoms with Crippen LogP contribution < -0.4 is 0 Å². The number of fused-ring (bicyclic) bond motifs is 1. The first-order valence-electron chi connectivity index (χ1n) is 8.06. The van der Waals surface area contributed by atoms with Crippen molar-refractivity contribution in [3.63, 3.8) is 0 Å². The fourth-order valence-electron chi connectivity index (χ4n) is 4.60. The smallest absolute Gasteiger partial charge is 0.303 e. The van der Waals surface area contributed by atoms with Crippen LogP contribution in [0.1, 0.15) is 66.7 Å². The van der Waals surface area contributed by atoms with Crippen molar-refractivity contribution < 1.29 is 14.6 Å². The molecular weight excluding hydrogens is 252 g/mol. The Morgan fingerprint density at radius 2 is 1.85 bits per heavy atom. The lowest BCUT2D eigenvalue weighted by Crippen LogP contribution is -2.59. The lowest BCUT2D eigenvalue weighted by atomic mass is 9.52. The molecule has 0 aromatic carbocycles. The summed E-state index contributed by atoms with van der Waals surface area (Å²) in [6.07, 6.45) is 4.99. The van der Waals surface area contributed by atoms with Crippen LogP contribution in [0.3, 0.4) is 0 Å². The number of aliphatic hydroxyl groups is 1. The molecule has 116 valence electrons. The lowest BCUT2D eigenvalue weighted by molar-refractivity contribution is -0.205. The van der Waals surface area contributed by atoms with Crippen LogP contribution >= 0.6 is 0 Å². The van der Waals surface area contributed by atoms with Gasteiger partial charge in [-0.1, -0.05) is 20.8 Å². The Morgan fingerprint density at radius 3 is 2.40 bits per heavy atom. The molecule has 0 saturated heterocycles. The average molecular weight is 282 g/mol. The number of hydrogen-bond acceptors (Lipinski definition) is 3. The van der Waals surface area contributed by atoms with Gasteiger partial charge >= 0.3 is 5.97 Å². The zero-order chi connectivity index (χ0) is 15.1. The summed E-state index contributed by atoms with van der Waals surface area (Å²) in [7, 11) is 0. The van der Waals surface area contributed by atoms with Crippen molar-refractivity contribution in [3.05, 3.63) is 0 Å². The van der Waals surface area contributed by atoms with Gasteiger partial charge in [-0.05, 0) is 62.2 Å². The van der Waals surface area contributed by atoms with E-state index < -0.39 is 5.60 Å². The van der Waals surface area contributed by atoms with Crippen molar-refractivity contribution in [1.82, 2.24) is 0 Å². The van der Waals surface area contributed by atoms with E-state index in [1.807, 2.05) is 6.92 Å². The van der Waals surface area contributed by atoms with Crippen molar-refractivity contribution in [1.29, 1.82) is 0 Å². The van der Waals surface area contributed by atoms with Gasteiger partial charge < -0.3 is 9.84 Å². The molecule has 0 radical (unpaired) electrons. The van der Waals surface area contributed by atoms with E-state index in [4.69, 9.17) is 4.74 Å². The number of esters is 1. The van der Waals surface area contributed by atoms with E-state index in [1.54, 1.807) is 0 Å². The highest BCUT2D eigenvalue weighted by Gasteiger charge is 2.56. The minimum Gasteiger partial charge on any atom is -0.459 e. The first kappa shape index (κ1) is 15.8. The fraction of sp³-hybridized carbons (Fsp3) is 0.941. The maximum atomic E-state index is 11.3.